The largest absolute Gasteiger partial charge is 0.444 e. The van der Waals surface area contributed by atoms with Crippen LogP contribution in [0.4, 0.5) is 4.79 Å². The lowest BCUT2D eigenvalue weighted by molar-refractivity contribution is 0.0269. The van der Waals surface area contributed by atoms with Gasteiger partial charge >= 0.3 is 6.09 Å². The van der Waals surface area contributed by atoms with Crippen molar-refractivity contribution in [2.75, 3.05) is 19.6 Å². The monoisotopic (exact) mass is 294 g/mol. The molecular weight excluding hydrogens is 264 g/mol. The van der Waals surface area contributed by atoms with Crippen LogP contribution in [0.2, 0.25) is 0 Å². The van der Waals surface area contributed by atoms with E-state index in [4.69, 9.17) is 4.74 Å². The van der Waals surface area contributed by atoms with Crippen LogP contribution in [0.3, 0.4) is 0 Å². The van der Waals surface area contributed by atoms with E-state index < -0.39 is 0 Å². The average Bonchev–Trinajstić information content (AvgIpc) is 2.87. The summed E-state index contributed by atoms with van der Waals surface area (Å²) in [6, 6.07) is 0.658. The van der Waals surface area contributed by atoms with Crippen molar-refractivity contribution in [2.24, 2.45) is 17.8 Å². The van der Waals surface area contributed by atoms with Crippen LogP contribution in [-0.2, 0) is 4.74 Å². The number of rotatable bonds is 3. The van der Waals surface area contributed by atoms with Crippen molar-refractivity contribution in [3.05, 3.63) is 0 Å². The molecule has 0 aromatic heterocycles. The Morgan fingerprint density at radius 2 is 1.76 bits per heavy atom. The second-order valence-electron chi connectivity index (χ2n) is 8.15. The van der Waals surface area contributed by atoms with Crippen LogP contribution in [0.25, 0.3) is 0 Å². The fraction of sp³-hybridized carbons (Fsp3) is 0.941. The van der Waals surface area contributed by atoms with E-state index in [9.17, 15) is 4.79 Å². The summed E-state index contributed by atoms with van der Waals surface area (Å²) in [6.07, 6.45) is 6.92. The molecule has 120 valence electrons. The van der Waals surface area contributed by atoms with Gasteiger partial charge in [-0.3, -0.25) is 0 Å². The summed E-state index contributed by atoms with van der Waals surface area (Å²) in [5.41, 5.74) is -0.386. The van der Waals surface area contributed by atoms with Gasteiger partial charge in [-0.15, -0.1) is 0 Å². The second-order valence-corrected chi connectivity index (χ2v) is 8.15. The van der Waals surface area contributed by atoms with Crippen LogP contribution in [0, 0.1) is 17.8 Å². The SMILES string of the molecule is CC(C)(C)OC(=O)N1CC2C(C1)C2NCC1CCCCC1. The lowest BCUT2D eigenvalue weighted by Gasteiger charge is -2.26. The van der Waals surface area contributed by atoms with Gasteiger partial charge < -0.3 is 15.0 Å². The molecule has 3 fully saturated rings. The van der Waals surface area contributed by atoms with Gasteiger partial charge in [0.15, 0.2) is 0 Å². The first-order chi connectivity index (χ1) is 9.94. The summed E-state index contributed by atoms with van der Waals surface area (Å²) in [7, 11) is 0. The number of carbonyl (C=O) groups excluding carboxylic acids is 1. The van der Waals surface area contributed by atoms with Gasteiger partial charge in [-0.1, -0.05) is 19.3 Å². The Morgan fingerprint density at radius 1 is 1.14 bits per heavy atom. The number of amides is 1. The number of nitrogens with one attached hydrogen (secondary N) is 1. The summed E-state index contributed by atoms with van der Waals surface area (Å²) >= 11 is 0. The Balaban J connectivity index is 1.37. The van der Waals surface area contributed by atoms with Crippen molar-refractivity contribution in [2.45, 2.75) is 64.5 Å². The van der Waals surface area contributed by atoms with Gasteiger partial charge in [0.2, 0.25) is 0 Å². The summed E-state index contributed by atoms with van der Waals surface area (Å²) in [5.74, 6) is 2.23. The average molecular weight is 294 g/mol. The van der Waals surface area contributed by atoms with Gasteiger partial charge in [-0.2, -0.15) is 0 Å². The minimum Gasteiger partial charge on any atom is -0.444 e. The number of hydrogen-bond acceptors (Lipinski definition) is 3. The van der Waals surface area contributed by atoms with Gasteiger partial charge in [0.1, 0.15) is 5.60 Å². The fourth-order valence-electron chi connectivity index (χ4n) is 4.00. The van der Waals surface area contributed by atoms with E-state index in [0.29, 0.717) is 17.9 Å². The van der Waals surface area contributed by atoms with Crippen molar-refractivity contribution in [3.8, 4) is 0 Å². The van der Waals surface area contributed by atoms with E-state index in [1.54, 1.807) is 0 Å². The van der Waals surface area contributed by atoms with Gasteiger partial charge in [0, 0.05) is 19.1 Å². The number of carbonyl (C=O) groups is 1. The summed E-state index contributed by atoms with van der Waals surface area (Å²) in [5, 5.41) is 3.76. The van der Waals surface area contributed by atoms with E-state index in [1.165, 1.54) is 38.6 Å². The third kappa shape index (κ3) is 3.71. The number of fused-ring (bicyclic) bond motifs is 1. The highest BCUT2D eigenvalue weighted by Gasteiger charge is 2.56. The Labute approximate surface area is 128 Å². The number of nitrogens with zero attached hydrogens (tertiary/aromatic N) is 1. The predicted octanol–water partition coefficient (Wildman–Crippen LogP) is 3.02. The molecule has 3 aliphatic rings. The molecule has 2 aliphatic carbocycles. The van der Waals surface area contributed by atoms with Crippen LogP contribution >= 0.6 is 0 Å². The van der Waals surface area contributed by atoms with Crippen LogP contribution in [-0.4, -0.2) is 42.3 Å². The lowest BCUT2D eigenvalue weighted by atomic mass is 9.89. The quantitative estimate of drug-likeness (QED) is 0.870. The molecule has 0 aromatic carbocycles. The molecule has 2 unspecified atom stereocenters. The summed E-state index contributed by atoms with van der Waals surface area (Å²) in [4.78, 5) is 13.9. The standard InChI is InChI=1S/C17H30N2O2/c1-17(2,3)21-16(20)19-10-13-14(11-19)15(13)18-9-12-7-5-4-6-8-12/h12-15,18H,4-11H2,1-3H3. The zero-order valence-electron chi connectivity index (χ0n) is 13.7. The molecule has 1 amide bonds. The van der Waals surface area contributed by atoms with E-state index in [0.717, 1.165) is 19.0 Å². The Kier molecular flexibility index (Phi) is 4.17. The van der Waals surface area contributed by atoms with Crippen LogP contribution < -0.4 is 5.32 Å². The molecule has 21 heavy (non-hydrogen) atoms. The maximum Gasteiger partial charge on any atom is 0.410 e. The molecule has 2 saturated carbocycles. The first kappa shape index (κ1) is 15.1. The minimum absolute atomic E-state index is 0.138. The molecule has 1 N–H and O–H groups in total. The van der Waals surface area contributed by atoms with Gasteiger partial charge in [0.25, 0.3) is 0 Å². The molecule has 4 heteroatoms. The van der Waals surface area contributed by atoms with Crippen molar-refractivity contribution in [3.63, 3.8) is 0 Å². The molecule has 0 aromatic rings. The van der Waals surface area contributed by atoms with E-state index in [1.807, 2.05) is 25.7 Å². The van der Waals surface area contributed by atoms with Crippen molar-refractivity contribution < 1.29 is 9.53 Å². The van der Waals surface area contributed by atoms with Gasteiger partial charge in [0.05, 0.1) is 0 Å². The molecule has 4 nitrogen and oxygen atoms in total. The third-order valence-electron chi connectivity index (χ3n) is 5.21. The van der Waals surface area contributed by atoms with Crippen LogP contribution in [0.1, 0.15) is 52.9 Å². The first-order valence-electron chi connectivity index (χ1n) is 8.65. The minimum atomic E-state index is -0.386. The highest BCUT2D eigenvalue weighted by Crippen LogP contribution is 2.46. The van der Waals surface area contributed by atoms with E-state index in [2.05, 4.69) is 5.32 Å². The van der Waals surface area contributed by atoms with Gasteiger partial charge in [-0.25, -0.2) is 4.79 Å². The first-order valence-corrected chi connectivity index (χ1v) is 8.65. The Hall–Kier alpha value is -0.770. The Morgan fingerprint density at radius 3 is 2.33 bits per heavy atom. The topological polar surface area (TPSA) is 41.6 Å². The summed E-state index contributed by atoms with van der Waals surface area (Å²) in [6.45, 7) is 8.72. The molecule has 3 rings (SSSR count). The number of likely N-dealkylation sites (tertiary alicyclic amines) is 1. The van der Waals surface area contributed by atoms with E-state index in [-0.39, 0.29) is 11.7 Å². The molecule has 2 atom stereocenters. The van der Waals surface area contributed by atoms with Crippen molar-refractivity contribution in [1.29, 1.82) is 0 Å². The highest BCUT2D eigenvalue weighted by atomic mass is 16.6. The third-order valence-corrected chi connectivity index (χ3v) is 5.21. The zero-order valence-corrected chi connectivity index (χ0v) is 13.7. The zero-order chi connectivity index (χ0) is 15.0. The second kappa shape index (κ2) is 5.79. The number of hydrogen-bond donors (Lipinski definition) is 1. The maximum atomic E-state index is 12.0. The molecular formula is C17H30N2O2. The number of ether oxygens (including phenoxy) is 1. The molecule has 1 saturated heterocycles. The number of piperidine rings is 1. The maximum absolute atomic E-state index is 12.0. The van der Waals surface area contributed by atoms with Crippen LogP contribution in [0.15, 0.2) is 0 Å². The molecule has 0 radical (unpaired) electrons. The molecule has 0 bridgehead atoms. The predicted molar refractivity (Wildman–Crippen MR) is 83.2 cm³/mol. The molecule has 1 heterocycles. The normalized spacial score (nSPS) is 32.9. The van der Waals surface area contributed by atoms with Crippen LogP contribution in [0.5, 0.6) is 0 Å². The van der Waals surface area contributed by atoms with Crippen molar-refractivity contribution in [1.82, 2.24) is 10.2 Å². The Bertz CT molecular complexity index is 373. The highest BCUT2D eigenvalue weighted by molar-refractivity contribution is 5.69. The lowest BCUT2D eigenvalue weighted by Crippen LogP contribution is -2.39. The summed E-state index contributed by atoms with van der Waals surface area (Å²) < 4.78 is 5.45. The van der Waals surface area contributed by atoms with Gasteiger partial charge in [-0.05, 0) is 57.9 Å². The fourth-order valence-corrected chi connectivity index (χ4v) is 4.00. The molecule has 0 spiro atoms. The smallest absolute Gasteiger partial charge is 0.410 e. The molecule has 1 aliphatic heterocycles. The van der Waals surface area contributed by atoms with Crippen molar-refractivity contribution >= 4 is 6.09 Å². The van der Waals surface area contributed by atoms with E-state index >= 15 is 0 Å².